The number of carbonyl (C=O) groups excluding carboxylic acids is 1. The van der Waals surface area contributed by atoms with Crippen molar-refractivity contribution in [2.45, 2.75) is 13.3 Å². The second kappa shape index (κ2) is 6.86. The van der Waals surface area contributed by atoms with Crippen LogP contribution in [0.1, 0.15) is 23.7 Å². The Morgan fingerprint density at radius 1 is 1.47 bits per heavy atom. The topological polar surface area (TPSA) is 29.5 Å². The van der Waals surface area contributed by atoms with Crippen LogP contribution in [0.3, 0.4) is 0 Å². The molecular weight excluding hydrogens is 374 g/mol. The minimum absolute atomic E-state index is 0.0776. The third kappa shape index (κ3) is 3.80. The Morgan fingerprint density at radius 2 is 2.26 bits per heavy atom. The van der Waals surface area contributed by atoms with E-state index in [1.54, 1.807) is 0 Å². The highest BCUT2D eigenvalue weighted by molar-refractivity contribution is 9.11. The van der Waals surface area contributed by atoms with Crippen molar-refractivity contribution < 1.29 is 9.53 Å². The lowest BCUT2D eigenvalue weighted by Gasteiger charge is -2.24. The van der Waals surface area contributed by atoms with Crippen LogP contribution in [0.4, 0.5) is 0 Å². The number of amides is 1. The zero-order valence-corrected chi connectivity index (χ0v) is 14.0. The standard InChI is InChI=1S/C14H17Br2NO2/c1-2-17(8-10-5-6-19-9-10)14(18)12-4-3-11(15)7-13(12)16/h3-4,7,10H,2,5-6,8-9H2,1H3. The summed E-state index contributed by atoms with van der Waals surface area (Å²) in [6.45, 7) is 5.10. The van der Waals surface area contributed by atoms with Crippen LogP contribution in [0.5, 0.6) is 0 Å². The Kier molecular flexibility index (Phi) is 5.42. The Labute approximate surface area is 130 Å². The molecule has 0 radical (unpaired) electrons. The molecule has 1 fully saturated rings. The average Bonchev–Trinajstić information content (AvgIpc) is 2.88. The van der Waals surface area contributed by atoms with E-state index in [1.165, 1.54) is 0 Å². The average molecular weight is 391 g/mol. The molecule has 1 aromatic carbocycles. The third-order valence-corrected chi connectivity index (χ3v) is 4.48. The number of nitrogens with zero attached hydrogens (tertiary/aromatic N) is 1. The number of halogens is 2. The Morgan fingerprint density at radius 3 is 2.84 bits per heavy atom. The number of ether oxygens (including phenoxy) is 1. The molecule has 1 saturated heterocycles. The number of hydrogen-bond donors (Lipinski definition) is 0. The summed E-state index contributed by atoms with van der Waals surface area (Å²) in [5, 5.41) is 0. The minimum Gasteiger partial charge on any atom is -0.381 e. The molecule has 3 nitrogen and oxygen atoms in total. The molecule has 1 atom stereocenters. The van der Waals surface area contributed by atoms with Crippen LogP contribution >= 0.6 is 31.9 Å². The van der Waals surface area contributed by atoms with E-state index in [-0.39, 0.29) is 5.91 Å². The summed E-state index contributed by atoms with van der Waals surface area (Å²) in [5.74, 6) is 0.548. The molecule has 5 heteroatoms. The quantitative estimate of drug-likeness (QED) is 0.784. The molecule has 0 aliphatic carbocycles. The summed E-state index contributed by atoms with van der Waals surface area (Å²) in [4.78, 5) is 14.4. The van der Waals surface area contributed by atoms with Gasteiger partial charge >= 0.3 is 0 Å². The van der Waals surface area contributed by atoms with Crippen LogP contribution < -0.4 is 0 Å². The van der Waals surface area contributed by atoms with Gasteiger partial charge in [0.15, 0.2) is 0 Å². The summed E-state index contributed by atoms with van der Waals surface area (Å²) in [6.07, 6.45) is 1.05. The highest BCUT2D eigenvalue weighted by Gasteiger charge is 2.23. The number of carbonyl (C=O) groups is 1. The molecule has 1 aliphatic rings. The lowest BCUT2D eigenvalue weighted by Crippen LogP contribution is -2.35. The zero-order chi connectivity index (χ0) is 13.8. The van der Waals surface area contributed by atoms with Crippen LogP contribution in [0.2, 0.25) is 0 Å². The molecule has 1 unspecified atom stereocenters. The van der Waals surface area contributed by atoms with Crippen LogP contribution in [0.25, 0.3) is 0 Å². The molecular formula is C14H17Br2NO2. The lowest BCUT2D eigenvalue weighted by atomic mass is 10.1. The molecule has 1 aliphatic heterocycles. The summed E-state index contributed by atoms with van der Waals surface area (Å²) in [5.41, 5.74) is 0.712. The molecule has 1 amide bonds. The third-order valence-electron chi connectivity index (χ3n) is 3.33. The first kappa shape index (κ1) is 15.0. The van der Waals surface area contributed by atoms with E-state index in [0.717, 1.165) is 41.7 Å². The van der Waals surface area contributed by atoms with Gasteiger partial charge in [0.05, 0.1) is 12.2 Å². The van der Waals surface area contributed by atoms with Crippen molar-refractivity contribution in [2.75, 3.05) is 26.3 Å². The van der Waals surface area contributed by atoms with Crippen molar-refractivity contribution in [1.82, 2.24) is 4.90 Å². The molecule has 1 aromatic rings. The van der Waals surface area contributed by atoms with E-state index >= 15 is 0 Å². The SMILES string of the molecule is CCN(CC1CCOC1)C(=O)c1ccc(Br)cc1Br. The first-order valence-electron chi connectivity index (χ1n) is 6.44. The predicted molar refractivity (Wildman–Crippen MR) is 82.3 cm³/mol. The fourth-order valence-electron chi connectivity index (χ4n) is 2.23. The predicted octanol–water partition coefficient (Wildman–Crippen LogP) is 3.71. The van der Waals surface area contributed by atoms with Crippen molar-refractivity contribution in [3.8, 4) is 0 Å². The monoisotopic (exact) mass is 389 g/mol. The van der Waals surface area contributed by atoms with Gasteiger partial charge in [-0.3, -0.25) is 4.79 Å². The zero-order valence-electron chi connectivity index (χ0n) is 10.9. The van der Waals surface area contributed by atoms with Crippen LogP contribution in [0, 0.1) is 5.92 Å². The second-order valence-electron chi connectivity index (χ2n) is 4.70. The summed E-state index contributed by atoms with van der Waals surface area (Å²) < 4.78 is 7.16. The Balaban J connectivity index is 2.10. The highest BCUT2D eigenvalue weighted by atomic mass is 79.9. The number of rotatable bonds is 4. The highest BCUT2D eigenvalue weighted by Crippen LogP contribution is 2.24. The summed E-state index contributed by atoms with van der Waals surface area (Å²) >= 11 is 6.85. The van der Waals surface area contributed by atoms with E-state index in [0.29, 0.717) is 11.5 Å². The van der Waals surface area contributed by atoms with Gasteiger partial charge < -0.3 is 9.64 Å². The molecule has 0 saturated carbocycles. The van der Waals surface area contributed by atoms with E-state index in [9.17, 15) is 4.79 Å². The molecule has 104 valence electrons. The lowest BCUT2D eigenvalue weighted by molar-refractivity contribution is 0.0730. The fraction of sp³-hybridized carbons (Fsp3) is 0.500. The van der Waals surface area contributed by atoms with Crippen LogP contribution in [0.15, 0.2) is 27.1 Å². The van der Waals surface area contributed by atoms with E-state index in [2.05, 4.69) is 31.9 Å². The molecule has 0 N–H and O–H groups in total. The van der Waals surface area contributed by atoms with Crippen molar-refractivity contribution in [1.29, 1.82) is 0 Å². The van der Waals surface area contributed by atoms with Crippen LogP contribution in [-0.4, -0.2) is 37.1 Å². The molecule has 0 aromatic heterocycles. The van der Waals surface area contributed by atoms with Crippen molar-refractivity contribution in [3.63, 3.8) is 0 Å². The molecule has 0 spiro atoms. The largest absolute Gasteiger partial charge is 0.381 e. The van der Waals surface area contributed by atoms with Gasteiger partial charge in [0.2, 0.25) is 0 Å². The normalized spacial score (nSPS) is 18.6. The maximum atomic E-state index is 12.5. The van der Waals surface area contributed by atoms with Crippen LogP contribution in [-0.2, 0) is 4.74 Å². The van der Waals surface area contributed by atoms with E-state index in [1.807, 2.05) is 30.0 Å². The summed E-state index contributed by atoms with van der Waals surface area (Å²) in [7, 11) is 0. The van der Waals surface area contributed by atoms with Gasteiger partial charge in [-0.25, -0.2) is 0 Å². The molecule has 1 heterocycles. The first-order valence-corrected chi connectivity index (χ1v) is 8.02. The van der Waals surface area contributed by atoms with Gasteiger partial charge in [0.1, 0.15) is 0 Å². The summed E-state index contributed by atoms with van der Waals surface area (Å²) in [6, 6.07) is 5.65. The van der Waals surface area contributed by atoms with Gasteiger partial charge in [-0.2, -0.15) is 0 Å². The molecule has 0 bridgehead atoms. The maximum absolute atomic E-state index is 12.5. The van der Waals surface area contributed by atoms with Crippen molar-refractivity contribution in [3.05, 3.63) is 32.7 Å². The van der Waals surface area contributed by atoms with Gasteiger partial charge in [-0.05, 0) is 47.5 Å². The van der Waals surface area contributed by atoms with Gasteiger partial charge in [-0.15, -0.1) is 0 Å². The Bertz CT molecular complexity index is 459. The number of benzene rings is 1. The van der Waals surface area contributed by atoms with E-state index < -0.39 is 0 Å². The molecule has 2 rings (SSSR count). The maximum Gasteiger partial charge on any atom is 0.254 e. The van der Waals surface area contributed by atoms with Crippen molar-refractivity contribution >= 4 is 37.8 Å². The van der Waals surface area contributed by atoms with Crippen molar-refractivity contribution in [2.24, 2.45) is 5.92 Å². The van der Waals surface area contributed by atoms with Gasteiger partial charge in [0.25, 0.3) is 5.91 Å². The smallest absolute Gasteiger partial charge is 0.254 e. The minimum atomic E-state index is 0.0776. The first-order chi connectivity index (χ1) is 9.11. The van der Waals surface area contributed by atoms with E-state index in [4.69, 9.17) is 4.74 Å². The van der Waals surface area contributed by atoms with Gasteiger partial charge in [-0.1, -0.05) is 15.9 Å². The second-order valence-corrected chi connectivity index (χ2v) is 6.47. The number of hydrogen-bond acceptors (Lipinski definition) is 2. The molecule has 19 heavy (non-hydrogen) atoms. The Hall–Kier alpha value is -0.390. The fourth-order valence-corrected chi connectivity index (χ4v) is 3.44. The van der Waals surface area contributed by atoms with Gasteiger partial charge in [0, 0.05) is 34.6 Å².